The standard InChI is InChI=1S/C11H14O3/c1-4-14-10-7-5-6-9(8(10)2)11(12)13-3/h5-7H,4H2,1-3H3. The lowest BCUT2D eigenvalue weighted by atomic mass is 10.1. The molecular formula is C11H14O3. The van der Waals surface area contributed by atoms with Crippen LogP contribution in [0.5, 0.6) is 5.75 Å². The molecular weight excluding hydrogens is 180 g/mol. The van der Waals surface area contributed by atoms with Crippen molar-refractivity contribution in [2.75, 3.05) is 13.7 Å². The zero-order chi connectivity index (χ0) is 10.6. The van der Waals surface area contributed by atoms with E-state index in [1.54, 1.807) is 12.1 Å². The first-order valence-corrected chi connectivity index (χ1v) is 4.51. The maximum atomic E-state index is 11.3. The van der Waals surface area contributed by atoms with Crippen molar-refractivity contribution in [2.45, 2.75) is 13.8 Å². The number of ether oxygens (including phenoxy) is 2. The van der Waals surface area contributed by atoms with Gasteiger partial charge in [-0.2, -0.15) is 0 Å². The van der Waals surface area contributed by atoms with E-state index >= 15 is 0 Å². The molecule has 0 fully saturated rings. The minimum absolute atomic E-state index is 0.330. The Kier molecular flexibility index (Phi) is 3.51. The molecule has 0 saturated heterocycles. The Hall–Kier alpha value is -1.51. The lowest BCUT2D eigenvalue weighted by Gasteiger charge is -2.09. The molecule has 1 aromatic rings. The predicted molar refractivity (Wildman–Crippen MR) is 53.7 cm³/mol. The van der Waals surface area contributed by atoms with E-state index in [9.17, 15) is 4.79 Å². The lowest BCUT2D eigenvalue weighted by Crippen LogP contribution is -2.05. The maximum Gasteiger partial charge on any atom is 0.338 e. The molecule has 0 radical (unpaired) electrons. The summed E-state index contributed by atoms with van der Waals surface area (Å²) in [4.78, 5) is 11.3. The smallest absolute Gasteiger partial charge is 0.338 e. The summed E-state index contributed by atoms with van der Waals surface area (Å²) in [5, 5.41) is 0. The SMILES string of the molecule is CCOc1cccc(C(=O)OC)c1C. The molecule has 14 heavy (non-hydrogen) atoms. The van der Waals surface area contributed by atoms with Gasteiger partial charge in [-0.1, -0.05) is 6.07 Å². The number of hydrogen-bond acceptors (Lipinski definition) is 3. The summed E-state index contributed by atoms with van der Waals surface area (Å²) in [6.45, 7) is 4.34. The van der Waals surface area contributed by atoms with Crippen LogP contribution < -0.4 is 4.74 Å². The molecule has 76 valence electrons. The molecule has 0 heterocycles. The van der Waals surface area contributed by atoms with Gasteiger partial charge in [0.05, 0.1) is 19.3 Å². The first-order valence-electron chi connectivity index (χ1n) is 4.51. The van der Waals surface area contributed by atoms with E-state index in [0.717, 1.165) is 11.3 Å². The van der Waals surface area contributed by atoms with Crippen molar-refractivity contribution in [1.82, 2.24) is 0 Å². The van der Waals surface area contributed by atoms with Crippen LogP contribution in [0.15, 0.2) is 18.2 Å². The van der Waals surface area contributed by atoms with Gasteiger partial charge in [-0.25, -0.2) is 4.79 Å². The van der Waals surface area contributed by atoms with Gasteiger partial charge in [-0.15, -0.1) is 0 Å². The van der Waals surface area contributed by atoms with Crippen molar-refractivity contribution in [2.24, 2.45) is 0 Å². The van der Waals surface area contributed by atoms with Crippen molar-refractivity contribution in [3.8, 4) is 5.75 Å². The van der Waals surface area contributed by atoms with Crippen LogP contribution in [-0.2, 0) is 4.74 Å². The number of benzene rings is 1. The minimum Gasteiger partial charge on any atom is -0.494 e. The molecule has 0 saturated carbocycles. The summed E-state index contributed by atoms with van der Waals surface area (Å²) >= 11 is 0. The molecule has 0 spiro atoms. The molecule has 1 aromatic carbocycles. The number of rotatable bonds is 3. The third-order valence-corrected chi connectivity index (χ3v) is 1.99. The Morgan fingerprint density at radius 2 is 2.14 bits per heavy atom. The largest absolute Gasteiger partial charge is 0.494 e. The van der Waals surface area contributed by atoms with Crippen LogP contribution in [0.1, 0.15) is 22.8 Å². The molecule has 0 aliphatic heterocycles. The van der Waals surface area contributed by atoms with Gasteiger partial charge in [0.25, 0.3) is 0 Å². The van der Waals surface area contributed by atoms with E-state index < -0.39 is 0 Å². The average molecular weight is 194 g/mol. The number of esters is 1. The second kappa shape index (κ2) is 4.65. The van der Waals surface area contributed by atoms with Crippen molar-refractivity contribution in [3.63, 3.8) is 0 Å². The van der Waals surface area contributed by atoms with E-state index in [1.807, 2.05) is 19.9 Å². The monoisotopic (exact) mass is 194 g/mol. The summed E-state index contributed by atoms with van der Waals surface area (Å²) in [5.74, 6) is 0.402. The number of hydrogen-bond donors (Lipinski definition) is 0. The molecule has 0 atom stereocenters. The van der Waals surface area contributed by atoms with Gasteiger partial charge in [0.2, 0.25) is 0 Å². The molecule has 0 aliphatic rings. The first kappa shape index (κ1) is 10.6. The highest BCUT2D eigenvalue weighted by molar-refractivity contribution is 5.91. The fourth-order valence-electron chi connectivity index (χ4n) is 1.26. The van der Waals surface area contributed by atoms with Crippen molar-refractivity contribution in [3.05, 3.63) is 29.3 Å². The Labute approximate surface area is 83.6 Å². The fraction of sp³-hybridized carbons (Fsp3) is 0.364. The van der Waals surface area contributed by atoms with Gasteiger partial charge in [-0.3, -0.25) is 0 Å². The highest BCUT2D eigenvalue weighted by Crippen LogP contribution is 2.21. The van der Waals surface area contributed by atoms with E-state index in [4.69, 9.17) is 4.74 Å². The van der Waals surface area contributed by atoms with Gasteiger partial charge in [0, 0.05) is 5.56 Å². The zero-order valence-corrected chi connectivity index (χ0v) is 8.66. The topological polar surface area (TPSA) is 35.5 Å². The average Bonchev–Trinajstić information content (AvgIpc) is 2.20. The third-order valence-electron chi connectivity index (χ3n) is 1.99. The van der Waals surface area contributed by atoms with E-state index in [-0.39, 0.29) is 5.97 Å². The van der Waals surface area contributed by atoms with Crippen LogP contribution in [0.3, 0.4) is 0 Å². The Morgan fingerprint density at radius 3 is 2.71 bits per heavy atom. The molecule has 3 nitrogen and oxygen atoms in total. The van der Waals surface area contributed by atoms with Gasteiger partial charge in [0.15, 0.2) is 0 Å². The van der Waals surface area contributed by atoms with Gasteiger partial charge in [0.1, 0.15) is 5.75 Å². The predicted octanol–water partition coefficient (Wildman–Crippen LogP) is 2.18. The second-order valence-electron chi connectivity index (χ2n) is 2.85. The molecule has 0 aromatic heterocycles. The van der Waals surface area contributed by atoms with Gasteiger partial charge >= 0.3 is 5.97 Å². The molecule has 0 unspecified atom stereocenters. The van der Waals surface area contributed by atoms with Gasteiger partial charge < -0.3 is 9.47 Å². The summed E-state index contributed by atoms with van der Waals surface area (Å²) < 4.78 is 10.0. The summed E-state index contributed by atoms with van der Waals surface area (Å²) in [6.07, 6.45) is 0. The zero-order valence-electron chi connectivity index (χ0n) is 8.66. The molecule has 0 bridgehead atoms. The number of methoxy groups -OCH3 is 1. The Morgan fingerprint density at radius 1 is 1.43 bits per heavy atom. The second-order valence-corrected chi connectivity index (χ2v) is 2.85. The van der Waals surface area contributed by atoms with Crippen LogP contribution in [0.2, 0.25) is 0 Å². The molecule has 0 amide bonds. The van der Waals surface area contributed by atoms with Crippen molar-refractivity contribution < 1.29 is 14.3 Å². The third kappa shape index (κ3) is 2.05. The highest BCUT2D eigenvalue weighted by atomic mass is 16.5. The van der Waals surface area contributed by atoms with Gasteiger partial charge in [-0.05, 0) is 26.0 Å². The Balaban J connectivity index is 3.07. The van der Waals surface area contributed by atoms with Crippen molar-refractivity contribution in [1.29, 1.82) is 0 Å². The highest BCUT2D eigenvalue weighted by Gasteiger charge is 2.11. The summed E-state index contributed by atoms with van der Waals surface area (Å²) in [5.41, 5.74) is 1.37. The molecule has 0 aliphatic carbocycles. The maximum absolute atomic E-state index is 11.3. The molecule has 0 N–H and O–H groups in total. The number of carbonyl (C=O) groups excluding carboxylic acids is 1. The van der Waals surface area contributed by atoms with Crippen LogP contribution >= 0.6 is 0 Å². The normalized spacial score (nSPS) is 9.64. The number of carbonyl (C=O) groups is 1. The van der Waals surface area contributed by atoms with Crippen LogP contribution in [0.4, 0.5) is 0 Å². The minimum atomic E-state index is -0.330. The fourth-order valence-corrected chi connectivity index (χ4v) is 1.26. The van der Waals surface area contributed by atoms with E-state index in [0.29, 0.717) is 12.2 Å². The quantitative estimate of drug-likeness (QED) is 0.692. The first-order chi connectivity index (χ1) is 6.70. The summed E-state index contributed by atoms with van der Waals surface area (Å²) in [7, 11) is 1.37. The lowest BCUT2D eigenvalue weighted by molar-refractivity contribution is 0.0599. The van der Waals surface area contributed by atoms with E-state index in [2.05, 4.69) is 4.74 Å². The molecule has 1 rings (SSSR count). The van der Waals surface area contributed by atoms with Crippen LogP contribution in [0, 0.1) is 6.92 Å². The van der Waals surface area contributed by atoms with Crippen molar-refractivity contribution >= 4 is 5.97 Å². The van der Waals surface area contributed by atoms with Crippen LogP contribution in [0.25, 0.3) is 0 Å². The van der Waals surface area contributed by atoms with E-state index in [1.165, 1.54) is 7.11 Å². The molecule has 3 heteroatoms. The Bertz CT molecular complexity index is 331. The van der Waals surface area contributed by atoms with Crippen LogP contribution in [-0.4, -0.2) is 19.7 Å². The summed E-state index contributed by atoms with van der Waals surface area (Å²) in [6, 6.07) is 5.35.